The maximum atomic E-state index is 13.1. The number of nitrogens with zero attached hydrogens (tertiary/aromatic N) is 3. The smallest absolute Gasteiger partial charge is 0.435 e. The van der Waals surface area contributed by atoms with Crippen molar-refractivity contribution in [3.8, 4) is 0 Å². The Labute approximate surface area is 185 Å². The number of rotatable bonds is 4. The maximum Gasteiger partial charge on any atom is 0.435 e. The number of aromatic nitrogens is 1. The van der Waals surface area contributed by atoms with Crippen LogP contribution in [0.25, 0.3) is 0 Å². The van der Waals surface area contributed by atoms with E-state index in [1.165, 1.54) is 0 Å². The predicted octanol–water partition coefficient (Wildman–Crippen LogP) is 6.58. The summed E-state index contributed by atoms with van der Waals surface area (Å²) in [5.74, 6) is 0. The quantitative estimate of drug-likeness (QED) is 0.261. The van der Waals surface area contributed by atoms with E-state index in [9.17, 15) is 4.79 Å². The molecule has 1 aromatic heterocycles. The molecule has 1 heterocycles. The molecule has 5 nitrogen and oxygen atoms in total. The molecule has 0 fully saturated rings. The third kappa shape index (κ3) is 5.59. The Balaban J connectivity index is 2.19. The van der Waals surface area contributed by atoms with Gasteiger partial charge in [0.25, 0.3) is 0 Å². The zero-order chi connectivity index (χ0) is 21.7. The van der Waals surface area contributed by atoms with Gasteiger partial charge in [0.1, 0.15) is 16.4 Å². The molecule has 30 heavy (non-hydrogen) atoms. The van der Waals surface area contributed by atoms with Gasteiger partial charge in [0.2, 0.25) is 0 Å². The Bertz CT molecular complexity index is 1010. The van der Waals surface area contributed by atoms with Crippen LogP contribution >= 0.6 is 23.2 Å². The molecule has 0 unspecified atom stereocenters. The van der Waals surface area contributed by atoms with Crippen LogP contribution in [-0.4, -0.2) is 22.4 Å². The maximum absolute atomic E-state index is 13.1. The third-order valence-electron chi connectivity index (χ3n) is 3.88. The summed E-state index contributed by atoms with van der Waals surface area (Å²) < 4.78 is 5.57. The topological polar surface area (TPSA) is 54.8 Å². The number of anilines is 1. The average Bonchev–Trinajstić information content (AvgIpc) is 2.69. The standard InChI is InChI=1S/C23H21Cl2N3O2/c1-23(2,3)30-22(29)28(18-14-15-19(24)26-21(18)25)27-20(16-10-6-4-7-11-16)17-12-8-5-9-13-17/h4-15H,1-3H3. The summed E-state index contributed by atoms with van der Waals surface area (Å²) in [6, 6.07) is 22.2. The molecular formula is C23H21Cl2N3O2. The van der Waals surface area contributed by atoms with Gasteiger partial charge in [-0.15, -0.1) is 0 Å². The van der Waals surface area contributed by atoms with Crippen LogP contribution in [0.15, 0.2) is 77.9 Å². The van der Waals surface area contributed by atoms with Gasteiger partial charge < -0.3 is 4.74 Å². The first-order chi connectivity index (χ1) is 14.2. The van der Waals surface area contributed by atoms with Crippen molar-refractivity contribution in [1.82, 2.24) is 4.98 Å². The minimum atomic E-state index is -0.725. The van der Waals surface area contributed by atoms with Crippen molar-refractivity contribution in [3.05, 3.63) is 94.2 Å². The molecule has 0 aliphatic rings. The highest BCUT2D eigenvalue weighted by atomic mass is 35.5. The van der Waals surface area contributed by atoms with Gasteiger partial charge in [-0.2, -0.15) is 10.1 Å². The summed E-state index contributed by atoms with van der Waals surface area (Å²) in [4.78, 5) is 17.1. The molecule has 0 aliphatic carbocycles. The van der Waals surface area contributed by atoms with Crippen molar-refractivity contribution in [2.24, 2.45) is 5.10 Å². The van der Waals surface area contributed by atoms with Gasteiger partial charge in [0, 0.05) is 11.1 Å². The second kappa shape index (κ2) is 9.28. The highest BCUT2D eigenvalue weighted by molar-refractivity contribution is 6.34. The first kappa shape index (κ1) is 21.8. The van der Waals surface area contributed by atoms with Gasteiger partial charge in [-0.3, -0.25) is 0 Å². The Kier molecular flexibility index (Phi) is 6.75. The normalized spacial score (nSPS) is 11.0. The molecule has 0 bridgehead atoms. The largest absolute Gasteiger partial charge is 0.442 e. The molecule has 0 radical (unpaired) electrons. The molecule has 7 heteroatoms. The number of carbonyl (C=O) groups is 1. The first-order valence-electron chi connectivity index (χ1n) is 9.29. The molecule has 0 aliphatic heterocycles. The molecule has 0 spiro atoms. The van der Waals surface area contributed by atoms with E-state index in [1.807, 2.05) is 60.7 Å². The molecule has 3 rings (SSSR count). The van der Waals surface area contributed by atoms with Crippen LogP contribution in [0, 0.1) is 0 Å². The van der Waals surface area contributed by atoms with Crippen LogP contribution in [0.4, 0.5) is 10.5 Å². The van der Waals surface area contributed by atoms with Crippen LogP contribution < -0.4 is 5.01 Å². The monoisotopic (exact) mass is 441 g/mol. The van der Waals surface area contributed by atoms with E-state index in [1.54, 1.807) is 32.9 Å². The number of carbonyl (C=O) groups excluding carboxylic acids is 1. The van der Waals surface area contributed by atoms with Gasteiger partial charge in [-0.05, 0) is 32.9 Å². The summed E-state index contributed by atoms with van der Waals surface area (Å²) in [5, 5.41) is 6.04. The zero-order valence-corrected chi connectivity index (χ0v) is 18.4. The van der Waals surface area contributed by atoms with Crippen LogP contribution in [-0.2, 0) is 4.74 Å². The van der Waals surface area contributed by atoms with Gasteiger partial charge in [0.05, 0.1) is 5.71 Å². The van der Waals surface area contributed by atoms with E-state index in [4.69, 9.17) is 27.9 Å². The minimum Gasteiger partial charge on any atom is -0.442 e. The number of hydrogen-bond donors (Lipinski definition) is 0. The number of benzene rings is 2. The van der Waals surface area contributed by atoms with E-state index in [0.29, 0.717) is 5.71 Å². The van der Waals surface area contributed by atoms with Gasteiger partial charge in [-0.1, -0.05) is 83.9 Å². The number of halogens is 2. The lowest BCUT2D eigenvalue weighted by atomic mass is 10.0. The summed E-state index contributed by atoms with van der Waals surface area (Å²) in [6.07, 6.45) is -0.683. The molecule has 2 aromatic carbocycles. The van der Waals surface area contributed by atoms with E-state index < -0.39 is 11.7 Å². The summed E-state index contributed by atoms with van der Waals surface area (Å²) in [7, 11) is 0. The van der Waals surface area contributed by atoms with Crippen molar-refractivity contribution >= 4 is 40.7 Å². The van der Waals surface area contributed by atoms with Gasteiger partial charge in [0.15, 0.2) is 5.15 Å². The molecule has 154 valence electrons. The number of pyridine rings is 1. The van der Waals surface area contributed by atoms with E-state index >= 15 is 0 Å². The lowest BCUT2D eigenvalue weighted by molar-refractivity contribution is 0.0581. The second-order valence-electron chi connectivity index (χ2n) is 7.42. The molecular weight excluding hydrogens is 421 g/mol. The number of amides is 1. The van der Waals surface area contributed by atoms with Gasteiger partial charge in [-0.25, -0.2) is 9.78 Å². The van der Waals surface area contributed by atoms with Crippen LogP contribution in [0.3, 0.4) is 0 Å². The summed E-state index contributed by atoms with van der Waals surface area (Å²) >= 11 is 12.2. The fraction of sp³-hybridized carbons (Fsp3) is 0.174. The molecule has 0 atom stereocenters. The molecule has 1 amide bonds. The Morgan fingerprint density at radius 1 is 0.900 bits per heavy atom. The Morgan fingerprint density at radius 3 is 1.90 bits per heavy atom. The zero-order valence-electron chi connectivity index (χ0n) is 16.8. The Hall–Kier alpha value is -2.89. The molecule has 0 N–H and O–H groups in total. The predicted molar refractivity (Wildman–Crippen MR) is 121 cm³/mol. The lowest BCUT2D eigenvalue weighted by Crippen LogP contribution is -2.35. The Morgan fingerprint density at radius 2 is 1.43 bits per heavy atom. The molecule has 0 saturated heterocycles. The third-order valence-corrected chi connectivity index (χ3v) is 4.37. The number of hydrogen-bond acceptors (Lipinski definition) is 4. The number of hydrazone groups is 1. The molecule has 0 saturated carbocycles. The summed E-state index contributed by atoms with van der Waals surface area (Å²) in [5.41, 5.74) is 1.77. The summed E-state index contributed by atoms with van der Waals surface area (Å²) in [6.45, 7) is 5.34. The van der Waals surface area contributed by atoms with Crippen molar-refractivity contribution < 1.29 is 9.53 Å². The highest BCUT2D eigenvalue weighted by Crippen LogP contribution is 2.28. The van der Waals surface area contributed by atoms with E-state index in [0.717, 1.165) is 16.1 Å². The average molecular weight is 442 g/mol. The lowest BCUT2D eigenvalue weighted by Gasteiger charge is -2.25. The highest BCUT2D eigenvalue weighted by Gasteiger charge is 2.26. The number of ether oxygens (including phenoxy) is 1. The van der Waals surface area contributed by atoms with Gasteiger partial charge >= 0.3 is 6.09 Å². The van der Waals surface area contributed by atoms with Crippen molar-refractivity contribution in [2.75, 3.05) is 5.01 Å². The van der Waals surface area contributed by atoms with E-state index in [2.05, 4.69) is 10.1 Å². The molecule has 3 aromatic rings. The fourth-order valence-corrected chi connectivity index (χ4v) is 3.06. The van der Waals surface area contributed by atoms with Crippen LogP contribution in [0.1, 0.15) is 31.9 Å². The van der Waals surface area contributed by atoms with Crippen molar-refractivity contribution in [3.63, 3.8) is 0 Å². The first-order valence-corrected chi connectivity index (χ1v) is 10.0. The SMILES string of the molecule is CC(C)(C)OC(=O)N(N=C(c1ccccc1)c1ccccc1)c1ccc(Cl)nc1Cl. The van der Waals surface area contributed by atoms with Crippen molar-refractivity contribution in [1.29, 1.82) is 0 Å². The fourth-order valence-electron chi connectivity index (χ4n) is 2.64. The van der Waals surface area contributed by atoms with E-state index in [-0.39, 0.29) is 16.0 Å². The minimum absolute atomic E-state index is 0.0394. The second-order valence-corrected chi connectivity index (χ2v) is 8.16. The van der Waals surface area contributed by atoms with Crippen molar-refractivity contribution in [2.45, 2.75) is 26.4 Å². The van der Waals surface area contributed by atoms with Crippen LogP contribution in [0.2, 0.25) is 10.3 Å². The van der Waals surface area contributed by atoms with Crippen LogP contribution in [0.5, 0.6) is 0 Å².